The van der Waals surface area contributed by atoms with Crippen LogP contribution in [0.1, 0.15) is 43.2 Å². The largest absolute Gasteiger partial charge is 0.339 e. The fraction of sp³-hybridized carbons (Fsp3) is 0.526. The third-order valence-electron chi connectivity index (χ3n) is 5.58. The van der Waals surface area contributed by atoms with E-state index in [-0.39, 0.29) is 0 Å². The quantitative estimate of drug-likeness (QED) is 0.930. The van der Waals surface area contributed by atoms with Crippen molar-refractivity contribution in [1.29, 1.82) is 0 Å². The monoisotopic (exact) mass is 296 g/mol. The average Bonchev–Trinajstić information content (AvgIpc) is 2.48. The van der Waals surface area contributed by atoms with E-state index >= 15 is 0 Å². The zero-order valence-electron chi connectivity index (χ0n) is 13.2. The molecule has 5 rings (SSSR count). The van der Waals surface area contributed by atoms with E-state index in [1.54, 1.807) is 0 Å². The number of hydrogen-bond donors (Lipinski definition) is 1. The highest BCUT2D eigenvalue weighted by atomic mass is 16.2. The second kappa shape index (κ2) is 5.54. The maximum Gasteiger partial charge on any atom is 0.225 e. The van der Waals surface area contributed by atoms with E-state index in [1.165, 1.54) is 17.5 Å². The van der Waals surface area contributed by atoms with Crippen molar-refractivity contribution in [3.8, 4) is 0 Å². The molecule has 1 amide bonds. The summed E-state index contributed by atoms with van der Waals surface area (Å²) in [6, 6.07) is 9.78. The SMILES string of the molecule is C/C=C/c1ccc(C2[C@@H]3CN(C(=O)C4CCC4)C[C@H]2N3)cc1. The van der Waals surface area contributed by atoms with Crippen molar-refractivity contribution in [2.24, 2.45) is 5.92 Å². The first-order valence-corrected chi connectivity index (χ1v) is 8.54. The van der Waals surface area contributed by atoms with E-state index in [9.17, 15) is 4.79 Å². The van der Waals surface area contributed by atoms with Crippen LogP contribution >= 0.6 is 0 Å². The first kappa shape index (κ1) is 14.0. The molecule has 3 atom stereocenters. The highest BCUT2D eigenvalue weighted by Crippen LogP contribution is 2.38. The van der Waals surface area contributed by atoms with Gasteiger partial charge in [0, 0.05) is 37.0 Å². The zero-order valence-corrected chi connectivity index (χ0v) is 13.2. The molecule has 1 aliphatic carbocycles. The molecule has 3 heteroatoms. The van der Waals surface area contributed by atoms with Crippen molar-refractivity contribution in [3.63, 3.8) is 0 Å². The van der Waals surface area contributed by atoms with Gasteiger partial charge in [0.15, 0.2) is 0 Å². The van der Waals surface area contributed by atoms with Crippen LogP contribution in [0.4, 0.5) is 0 Å². The van der Waals surface area contributed by atoms with Gasteiger partial charge in [-0.25, -0.2) is 0 Å². The van der Waals surface area contributed by atoms with Gasteiger partial charge in [0.25, 0.3) is 0 Å². The lowest BCUT2D eigenvalue weighted by atomic mass is 9.73. The van der Waals surface area contributed by atoms with Gasteiger partial charge in [-0.2, -0.15) is 0 Å². The number of benzene rings is 1. The minimum Gasteiger partial charge on any atom is -0.339 e. The number of amides is 1. The number of carbonyl (C=O) groups is 1. The van der Waals surface area contributed by atoms with E-state index in [0.717, 1.165) is 25.9 Å². The van der Waals surface area contributed by atoms with Crippen LogP contribution in [0.5, 0.6) is 0 Å². The molecule has 1 aromatic carbocycles. The van der Waals surface area contributed by atoms with E-state index in [0.29, 0.717) is 29.8 Å². The molecule has 1 unspecified atom stereocenters. The van der Waals surface area contributed by atoms with Crippen molar-refractivity contribution in [1.82, 2.24) is 10.2 Å². The Morgan fingerprint density at radius 3 is 2.41 bits per heavy atom. The predicted molar refractivity (Wildman–Crippen MR) is 88.5 cm³/mol. The zero-order chi connectivity index (χ0) is 15.1. The van der Waals surface area contributed by atoms with E-state index in [4.69, 9.17) is 0 Å². The molecule has 22 heavy (non-hydrogen) atoms. The predicted octanol–water partition coefficient (Wildman–Crippen LogP) is 2.79. The van der Waals surface area contributed by atoms with Crippen LogP contribution in [0.15, 0.2) is 30.3 Å². The molecule has 4 aliphatic rings. The molecule has 0 aromatic heterocycles. The average molecular weight is 296 g/mol. The van der Waals surface area contributed by atoms with E-state index < -0.39 is 0 Å². The Bertz CT molecular complexity index is 576. The number of piperidine rings is 1. The normalized spacial score (nSPS) is 31.0. The number of nitrogens with zero attached hydrogens (tertiary/aromatic N) is 1. The number of allylic oxidation sites excluding steroid dienone is 1. The maximum atomic E-state index is 12.4. The maximum absolute atomic E-state index is 12.4. The molecule has 3 nitrogen and oxygen atoms in total. The molecule has 1 saturated carbocycles. The van der Waals surface area contributed by atoms with Crippen LogP contribution < -0.4 is 5.32 Å². The van der Waals surface area contributed by atoms with Gasteiger partial charge in [0.2, 0.25) is 5.91 Å². The number of rotatable bonds is 3. The van der Waals surface area contributed by atoms with Gasteiger partial charge >= 0.3 is 0 Å². The fourth-order valence-corrected chi connectivity index (χ4v) is 4.11. The summed E-state index contributed by atoms with van der Waals surface area (Å²) in [5.74, 6) is 1.31. The Labute approximate surface area is 132 Å². The molecule has 4 fully saturated rings. The first-order chi connectivity index (χ1) is 10.8. The van der Waals surface area contributed by atoms with E-state index in [2.05, 4.69) is 46.6 Å². The molecule has 1 N–H and O–H groups in total. The highest BCUT2D eigenvalue weighted by molar-refractivity contribution is 5.80. The van der Waals surface area contributed by atoms with Gasteiger partial charge < -0.3 is 10.2 Å². The number of carbonyl (C=O) groups excluding carboxylic acids is 1. The van der Waals surface area contributed by atoms with Crippen molar-refractivity contribution in [2.75, 3.05) is 13.1 Å². The van der Waals surface area contributed by atoms with Crippen LogP contribution in [0.2, 0.25) is 0 Å². The smallest absolute Gasteiger partial charge is 0.225 e. The minimum absolute atomic E-state index is 0.330. The van der Waals surface area contributed by atoms with Gasteiger partial charge in [-0.15, -0.1) is 0 Å². The third-order valence-corrected chi connectivity index (χ3v) is 5.58. The number of nitrogens with one attached hydrogen (secondary N) is 1. The summed E-state index contributed by atoms with van der Waals surface area (Å²) < 4.78 is 0. The standard InChI is InChI=1S/C19H24N2O/c1-2-4-13-7-9-14(10-8-13)18-16-11-21(12-17(18)20-16)19(22)15-5-3-6-15/h2,4,7-10,15-18,20H,3,5-6,11-12H2,1H3/b4-2+/t16-,17+,18?. The lowest BCUT2D eigenvalue weighted by Crippen LogP contribution is -2.72. The second-order valence-electron chi connectivity index (χ2n) is 6.94. The van der Waals surface area contributed by atoms with Gasteiger partial charge in [-0.3, -0.25) is 4.79 Å². The Kier molecular flexibility index (Phi) is 3.53. The molecule has 0 radical (unpaired) electrons. The topological polar surface area (TPSA) is 32.3 Å². The Hall–Kier alpha value is -1.61. The van der Waals surface area contributed by atoms with Crippen molar-refractivity contribution in [3.05, 3.63) is 41.5 Å². The van der Waals surface area contributed by atoms with Gasteiger partial charge in [-0.05, 0) is 30.9 Å². The third kappa shape index (κ3) is 2.28. The summed E-state index contributed by atoms with van der Waals surface area (Å²) in [4.78, 5) is 14.5. The van der Waals surface area contributed by atoms with Gasteiger partial charge in [-0.1, -0.05) is 42.8 Å². The molecule has 1 aromatic rings. The summed E-state index contributed by atoms with van der Waals surface area (Å²) in [6.07, 6.45) is 7.64. The van der Waals surface area contributed by atoms with Crippen LogP contribution in [0.25, 0.3) is 6.08 Å². The van der Waals surface area contributed by atoms with Crippen molar-refractivity contribution in [2.45, 2.75) is 44.2 Å². The van der Waals surface area contributed by atoms with Crippen molar-refractivity contribution >= 4 is 12.0 Å². The summed E-state index contributed by atoms with van der Waals surface area (Å²) in [7, 11) is 0. The Balaban J connectivity index is 1.43. The van der Waals surface area contributed by atoms with Crippen LogP contribution in [0, 0.1) is 5.92 Å². The fourth-order valence-electron chi connectivity index (χ4n) is 4.11. The minimum atomic E-state index is 0.330. The molecule has 3 aliphatic heterocycles. The Morgan fingerprint density at radius 2 is 1.86 bits per heavy atom. The highest BCUT2D eigenvalue weighted by Gasteiger charge is 2.48. The number of hydrogen-bond acceptors (Lipinski definition) is 2. The Morgan fingerprint density at radius 1 is 1.18 bits per heavy atom. The van der Waals surface area contributed by atoms with Crippen LogP contribution in [-0.2, 0) is 4.79 Å². The number of piperazine rings is 1. The summed E-state index contributed by atoms with van der Waals surface area (Å²) >= 11 is 0. The summed E-state index contributed by atoms with van der Waals surface area (Å²) in [6.45, 7) is 3.81. The molecule has 0 spiro atoms. The van der Waals surface area contributed by atoms with E-state index in [1.807, 2.05) is 6.92 Å². The molecule has 3 heterocycles. The number of fused-ring (bicyclic) bond motifs is 2. The molecule has 2 bridgehead atoms. The molecular weight excluding hydrogens is 272 g/mol. The van der Waals surface area contributed by atoms with Crippen LogP contribution in [-0.4, -0.2) is 36.0 Å². The summed E-state index contributed by atoms with van der Waals surface area (Å²) in [5.41, 5.74) is 2.67. The van der Waals surface area contributed by atoms with Gasteiger partial charge in [0.05, 0.1) is 0 Å². The lowest BCUT2D eigenvalue weighted by Gasteiger charge is -2.55. The summed E-state index contributed by atoms with van der Waals surface area (Å²) in [5, 5.41) is 3.62. The van der Waals surface area contributed by atoms with Crippen molar-refractivity contribution < 1.29 is 4.79 Å². The lowest BCUT2D eigenvalue weighted by molar-refractivity contribution is -0.143. The van der Waals surface area contributed by atoms with Gasteiger partial charge in [0.1, 0.15) is 0 Å². The first-order valence-electron chi connectivity index (χ1n) is 8.54. The molecule has 3 saturated heterocycles. The van der Waals surface area contributed by atoms with Crippen LogP contribution in [0.3, 0.4) is 0 Å². The molecule has 116 valence electrons. The second-order valence-corrected chi connectivity index (χ2v) is 6.94. The molecular formula is C19H24N2O.